The Labute approximate surface area is 131 Å². The van der Waals surface area contributed by atoms with E-state index in [0.29, 0.717) is 11.4 Å². The molecule has 2 rings (SSSR count). The molecule has 0 aliphatic heterocycles. The van der Waals surface area contributed by atoms with Crippen LogP contribution in [0.2, 0.25) is 0 Å². The molecule has 2 aromatic carbocycles. The molecule has 0 heterocycles. The third-order valence-corrected chi connectivity index (χ3v) is 3.15. The maximum atomic E-state index is 12.8. The monoisotopic (exact) mass is 324 g/mol. The van der Waals surface area contributed by atoms with E-state index in [-0.39, 0.29) is 11.3 Å². The number of carbonyl (C=O) groups is 1. The van der Waals surface area contributed by atoms with Gasteiger partial charge in [0.05, 0.1) is 12.7 Å². The van der Waals surface area contributed by atoms with Crippen molar-refractivity contribution in [2.24, 2.45) is 0 Å². The number of anilines is 2. The van der Waals surface area contributed by atoms with Gasteiger partial charge in [-0.25, -0.2) is 4.79 Å². The predicted octanol–water partition coefficient (Wildman–Crippen LogP) is 4.67. The van der Waals surface area contributed by atoms with E-state index in [1.807, 2.05) is 0 Å². The van der Waals surface area contributed by atoms with Gasteiger partial charge in [-0.1, -0.05) is 6.07 Å². The lowest BCUT2D eigenvalue weighted by Gasteiger charge is -2.13. The van der Waals surface area contributed by atoms with Gasteiger partial charge >= 0.3 is 12.2 Å². The van der Waals surface area contributed by atoms with Gasteiger partial charge in [0.1, 0.15) is 5.75 Å². The molecule has 122 valence electrons. The van der Waals surface area contributed by atoms with Crippen molar-refractivity contribution in [1.29, 1.82) is 0 Å². The molecule has 7 heteroatoms. The van der Waals surface area contributed by atoms with Crippen LogP contribution in [0.4, 0.5) is 29.3 Å². The second-order valence-corrected chi connectivity index (χ2v) is 4.84. The van der Waals surface area contributed by atoms with Crippen molar-refractivity contribution < 1.29 is 22.7 Å². The summed E-state index contributed by atoms with van der Waals surface area (Å²) in [4.78, 5) is 11.8. The maximum Gasteiger partial charge on any atom is 0.416 e. The minimum Gasteiger partial charge on any atom is -0.497 e. The van der Waals surface area contributed by atoms with Crippen molar-refractivity contribution in [3.05, 3.63) is 53.6 Å². The second-order valence-electron chi connectivity index (χ2n) is 4.84. The van der Waals surface area contributed by atoms with Gasteiger partial charge < -0.3 is 15.4 Å². The van der Waals surface area contributed by atoms with Crippen molar-refractivity contribution in [1.82, 2.24) is 0 Å². The van der Waals surface area contributed by atoms with E-state index < -0.39 is 17.8 Å². The van der Waals surface area contributed by atoms with Crippen LogP contribution in [0.3, 0.4) is 0 Å². The first-order valence-corrected chi connectivity index (χ1v) is 6.69. The highest BCUT2D eigenvalue weighted by Crippen LogP contribution is 2.33. The average Bonchev–Trinajstić information content (AvgIpc) is 2.49. The molecule has 23 heavy (non-hydrogen) atoms. The number of hydrogen-bond acceptors (Lipinski definition) is 2. The first-order chi connectivity index (χ1) is 10.8. The fourth-order valence-corrected chi connectivity index (χ4v) is 1.97. The summed E-state index contributed by atoms with van der Waals surface area (Å²) in [5, 5.41) is 4.91. The van der Waals surface area contributed by atoms with E-state index in [9.17, 15) is 18.0 Å². The number of urea groups is 1. The van der Waals surface area contributed by atoms with Gasteiger partial charge in [-0.3, -0.25) is 0 Å². The fourth-order valence-electron chi connectivity index (χ4n) is 1.97. The van der Waals surface area contributed by atoms with Crippen LogP contribution in [-0.2, 0) is 6.18 Å². The summed E-state index contributed by atoms with van der Waals surface area (Å²) in [6.45, 7) is 1.37. The molecule has 0 aromatic heterocycles. The number of aryl methyl sites for hydroxylation is 1. The van der Waals surface area contributed by atoms with Crippen molar-refractivity contribution in [2.45, 2.75) is 13.1 Å². The Morgan fingerprint density at radius 2 is 1.57 bits per heavy atom. The molecule has 2 aromatic rings. The number of nitrogens with one attached hydrogen (secondary N) is 2. The van der Waals surface area contributed by atoms with Gasteiger partial charge in [0, 0.05) is 11.4 Å². The largest absolute Gasteiger partial charge is 0.497 e. The minimum absolute atomic E-state index is 0.0638. The van der Waals surface area contributed by atoms with Crippen LogP contribution in [-0.4, -0.2) is 13.1 Å². The van der Waals surface area contributed by atoms with Crippen LogP contribution in [0.25, 0.3) is 0 Å². The highest BCUT2D eigenvalue weighted by Gasteiger charge is 2.32. The first kappa shape index (κ1) is 16.7. The van der Waals surface area contributed by atoms with Crippen molar-refractivity contribution >= 4 is 17.4 Å². The lowest BCUT2D eigenvalue weighted by Crippen LogP contribution is -2.20. The summed E-state index contributed by atoms with van der Waals surface area (Å²) in [5.74, 6) is 0.629. The molecule has 0 saturated heterocycles. The molecule has 0 atom stereocenters. The van der Waals surface area contributed by atoms with Crippen molar-refractivity contribution in [3.8, 4) is 5.75 Å². The number of ether oxygens (including phenoxy) is 1. The maximum absolute atomic E-state index is 12.8. The first-order valence-electron chi connectivity index (χ1n) is 6.69. The molecular formula is C16H15F3N2O2. The minimum atomic E-state index is -4.46. The molecule has 0 radical (unpaired) electrons. The second kappa shape index (κ2) is 6.60. The number of rotatable bonds is 3. The Bertz CT molecular complexity index is 697. The number of carbonyl (C=O) groups excluding carboxylic acids is 1. The Hall–Kier alpha value is -2.70. The molecule has 2 amide bonds. The summed E-state index contributed by atoms with van der Waals surface area (Å²) in [7, 11) is 1.52. The number of benzene rings is 2. The smallest absolute Gasteiger partial charge is 0.416 e. The van der Waals surface area contributed by atoms with E-state index in [4.69, 9.17) is 4.74 Å². The highest BCUT2D eigenvalue weighted by atomic mass is 19.4. The van der Waals surface area contributed by atoms with Gasteiger partial charge in [0.15, 0.2) is 0 Å². The van der Waals surface area contributed by atoms with E-state index in [1.165, 1.54) is 26.2 Å². The van der Waals surface area contributed by atoms with Crippen molar-refractivity contribution in [2.75, 3.05) is 17.7 Å². The summed E-state index contributed by atoms with van der Waals surface area (Å²) in [6, 6.07) is 9.55. The topological polar surface area (TPSA) is 50.4 Å². The van der Waals surface area contributed by atoms with Crippen LogP contribution in [0, 0.1) is 6.92 Å². The standard InChI is InChI=1S/C16H15F3N2O2/c1-10-3-4-12(9-14(10)16(17,18)19)21-15(22)20-11-5-7-13(23-2)8-6-11/h3-9H,1-2H3,(H2,20,21,22). The van der Waals surface area contributed by atoms with Gasteiger partial charge in [-0.15, -0.1) is 0 Å². The molecule has 2 N–H and O–H groups in total. The van der Waals surface area contributed by atoms with Crippen LogP contribution < -0.4 is 15.4 Å². The molecule has 0 aliphatic carbocycles. The zero-order valence-electron chi connectivity index (χ0n) is 12.5. The lowest BCUT2D eigenvalue weighted by molar-refractivity contribution is -0.138. The average molecular weight is 324 g/mol. The van der Waals surface area contributed by atoms with Crippen LogP contribution in [0.15, 0.2) is 42.5 Å². The Kier molecular flexibility index (Phi) is 4.78. The molecule has 0 unspecified atom stereocenters. The molecule has 0 aliphatic rings. The number of amides is 2. The van der Waals surface area contributed by atoms with E-state index in [0.717, 1.165) is 6.07 Å². The van der Waals surface area contributed by atoms with E-state index in [2.05, 4.69) is 10.6 Å². The third kappa shape index (κ3) is 4.38. The Morgan fingerprint density at radius 1 is 1.00 bits per heavy atom. The summed E-state index contributed by atoms with van der Waals surface area (Å²) in [6.07, 6.45) is -4.46. The molecule has 0 saturated carbocycles. The zero-order valence-corrected chi connectivity index (χ0v) is 12.5. The van der Waals surface area contributed by atoms with Crippen LogP contribution in [0.5, 0.6) is 5.75 Å². The number of alkyl halides is 3. The quantitative estimate of drug-likeness (QED) is 0.862. The van der Waals surface area contributed by atoms with Gasteiger partial charge in [0.2, 0.25) is 0 Å². The van der Waals surface area contributed by atoms with E-state index in [1.54, 1.807) is 24.3 Å². The van der Waals surface area contributed by atoms with Crippen LogP contribution >= 0.6 is 0 Å². The summed E-state index contributed by atoms with van der Waals surface area (Å²) >= 11 is 0. The Balaban J connectivity index is 2.08. The third-order valence-electron chi connectivity index (χ3n) is 3.15. The number of hydrogen-bond donors (Lipinski definition) is 2. The number of methoxy groups -OCH3 is 1. The summed E-state index contributed by atoms with van der Waals surface area (Å²) < 4.78 is 43.5. The molecule has 0 spiro atoms. The molecule has 4 nitrogen and oxygen atoms in total. The van der Waals surface area contributed by atoms with Gasteiger partial charge in [0.25, 0.3) is 0 Å². The summed E-state index contributed by atoms with van der Waals surface area (Å²) in [5.41, 5.74) is -0.126. The highest BCUT2D eigenvalue weighted by molar-refractivity contribution is 5.99. The number of halogens is 3. The SMILES string of the molecule is COc1ccc(NC(=O)Nc2ccc(C)c(C(F)(F)F)c2)cc1. The van der Waals surface area contributed by atoms with Crippen molar-refractivity contribution in [3.63, 3.8) is 0 Å². The van der Waals surface area contributed by atoms with Gasteiger partial charge in [-0.05, 0) is 48.9 Å². The fraction of sp³-hybridized carbons (Fsp3) is 0.188. The molecular weight excluding hydrogens is 309 g/mol. The molecule has 0 bridgehead atoms. The lowest BCUT2D eigenvalue weighted by atomic mass is 10.1. The van der Waals surface area contributed by atoms with E-state index >= 15 is 0 Å². The Morgan fingerprint density at radius 3 is 2.13 bits per heavy atom. The zero-order chi connectivity index (χ0) is 17.0. The molecule has 0 fully saturated rings. The normalized spacial score (nSPS) is 11.0. The van der Waals surface area contributed by atoms with Crippen LogP contribution in [0.1, 0.15) is 11.1 Å². The predicted molar refractivity (Wildman–Crippen MR) is 81.8 cm³/mol. The van der Waals surface area contributed by atoms with Gasteiger partial charge in [-0.2, -0.15) is 13.2 Å².